The second kappa shape index (κ2) is 5.61. The average Bonchev–Trinajstić information content (AvgIpc) is 2.85. The van der Waals surface area contributed by atoms with Crippen LogP contribution in [-0.4, -0.2) is 12.2 Å². The van der Waals surface area contributed by atoms with Crippen molar-refractivity contribution in [1.82, 2.24) is 0 Å². The van der Waals surface area contributed by atoms with Crippen LogP contribution in [0.15, 0.2) is 12.1 Å². The van der Waals surface area contributed by atoms with Crippen molar-refractivity contribution >= 4 is 0 Å². The third-order valence-electron chi connectivity index (χ3n) is 4.93. The van der Waals surface area contributed by atoms with E-state index >= 15 is 0 Å². The largest absolute Gasteiger partial charge is 0.375 e. The molecule has 0 amide bonds. The second-order valence-corrected chi connectivity index (χ2v) is 6.30. The fourth-order valence-electron chi connectivity index (χ4n) is 3.85. The Morgan fingerprint density at radius 1 is 1.14 bits per heavy atom. The first kappa shape index (κ1) is 14.9. The van der Waals surface area contributed by atoms with Crippen molar-refractivity contribution in [2.45, 2.75) is 50.2 Å². The molecular weight excluding hydrogens is 279 g/mol. The van der Waals surface area contributed by atoms with Gasteiger partial charge in [0.25, 0.3) is 0 Å². The van der Waals surface area contributed by atoms with Gasteiger partial charge in [0, 0.05) is 30.3 Å². The minimum atomic E-state index is -0.916. The molecule has 2 atom stereocenters. The number of hydrogen-bond acceptors (Lipinski definition) is 2. The molecule has 2 nitrogen and oxygen atoms in total. The molecule has 1 saturated carbocycles. The van der Waals surface area contributed by atoms with Gasteiger partial charge in [-0.25, -0.2) is 13.2 Å². The van der Waals surface area contributed by atoms with Gasteiger partial charge in [-0.1, -0.05) is 12.8 Å². The summed E-state index contributed by atoms with van der Waals surface area (Å²) in [7, 11) is 0. The molecule has 0 radical (unpaired) electrons. The van der Waals surface area contributed by atoms with Crippen molar-refractivity contribution in [3.63, 3.8) is 0 Å². The van der Waals surface area contributed by atoms with Crippen molar-refractivity contribution in [1.29, 1.82) is 0 Å². The summed E-state index contributed by atoms with van der Waals surface area (Å²) in [4.78, 5) is 0. The number of halogens is 3. The predicted molar refractivity (Wildman–Crippen MR) is 73.1 cm³/mol. The highest BCUT2D eigenvalue weighted by molar-refractivity contribution is 5.25. The van der Waals surface area contributed by atoms with Crippen molar-refractivity contribution in [2.24, 2.45) is 11.7 Å². The highest BCUT2D eigenvalue weighted by Crippen LogP contribution is 2.45. The lowest BCUT2D eigenvalue weighted by molar-refractivity contribution is -0.0966. The van der Waals surface area contributed by atoms with Crippen molar-refractivity contribution in [2.75, 3.05) is 6.61 Å². The van der Waals surface area contributed by atoms with E-state index in [-0.39, 0.29) is 17.1 Å². The molecule has 5 heteroatoms. The van der Waals surface area contributed by atoms with Crippen molar-refractivity contribution in [3.8, 4) is 0 Å². The molecular formula is C16H20F3NO. The molecule has 116 valence electrons. The van der Waals surface area contributed by atoms with Crippen LogP contribution in [0.2, 0.25) is 0 Å². The summed E-state index contributed by atoms with van der Waals surface area (Å²) in [6.07, 6.45) is 5.64. The quantitative estimate of drug-likeness (QED) is 0.900. The van der Waals surface area contributed by atoms with Gasteiger partial charge in [-0.15, -0.1) is 0 Å². The van der Waals surface area contributed by atoms with Crippen LogP contribution in [0.25, 0.3) is 0 Å². The number of benzene rings is 1. The molecule has 2 N–H and O–H groups in total. The lowest BCUT2D eigenvalue weighted by Gasteiger charge is -2.40. The lowest BCUT2D eigenvalue weighted by Crippen LogP contribution is -2.41. The van der Waals surface area contributed by atoms with Crippen LogP contribution in [-0.2, 0) is 4.74 Å². The number of ether oxygens (including phenoxy) is 1. The smallest absolute Gasteiger partial charge is 0.133 e. The molecule has 1 aromatic carbocycles. The third kappa shape index (κ3) is 2.81. The minimum Gasteiger partial charge on any atom is -0.375 e. The molecule has 0 bridgehead atoms. The summed E-state index contributed by atoms with van der Waals surface area (Å²) < 4.78 is 46.7. The first-order valence-corrected chi connectivity index (χ1v) is 7.55. The highest BCUT2D eigenvalue weighted by atomic mass is 19.1. The van der Waals surface area contributed by atoms with Gasteiger partial charge >= 0.3 is 0 Å². The number of nitrogens with two attached hydrogens (primary N) is 1. The summed E-state index contributed by atoms with van der Waals surface area (Å²) in [6, 6.07) is 0.637. The zero-order valence-corrected chi connectivity index (χ0v) is 11.9. The van der Waals surface area contributed by atoms with Crippen molar-refractivity contribution in [3.05, 3.63) is 35.1 Å². The molecule has 2 aliphatic rings. The van der Waals surface area contributed by atoms with Crippen LogP contribution in [0.3, 0.4) is 0 Å². The van der Waals surface area contributed by atoms with Gasteiger partial charge < -0.3 is 10.5 Å². The fraction of sp³-hybridized carbons (Fsp3) is 0.625. The Hall–Kier alpha value is -1.07. The molecule has 3 rings (SSSR count). The van der Waals surface area contributed by atoms with E-state index in [1.807, 2.05) is 0 Å². The van der Waals surface area contributed by atoms with Gasteiger partial charge in [0.1, 0.15) is 17.5 Å². The maximum absolute atomic E-state index is 13.9. The Labute approximate surface area is 122 Å². The van der Waals surface area contributed by atoms with Gasteiger partial charge in [-0.3, -0.25) is 0 Å². The van der Waals surface area contributed by atoms with E-state index in [1.54, 1.807) is 0 Å². The van der Waals surface area contributed by atoms with E-state index in [9.17, 15) is 13.2 Å². The third-order valence-corrected chi connectivity index (χ3v) is 4.93. The molecule has 1 heterocycles. The number of hydrogen-bond donors (Lipinski definition) is 1. The first-order chi connectivity index (χ1) is 10.0. The highest BCUT2D eigenvalue weighted by Gasteiger charge is 2.42. The normalized spacial score (nSPS) is 26.2. The zero-order valence-electron chi connectivity index (χ0n) is 11.9. The molecule has 2 fully saturated rings. The maximum atomic E-state index is 13.9. The zero-order chi connectivity index (χ0) is 15.0. The molecule has 1 aromatic rings. The summed E-state index contributed by atoms with van der Waals surface area (Å²) in [5.74, 6) is -2.74. The Balaban J connectivity index is 1.83. The summed E-state index contributed by atoms with van der Waals surface area (Å²) in [6.45, 7) is 0.572. The monoisotopic (exact) mass is 299 g/mol. The minimum absolute atomic E-state index is 0.0358. The lowest BCUT2D eigenvalue weighted by atomic mass is 9.78. The van der Waals surface area contributed by atoms with Crippen LogP contribution in [0.5, 0.6) is 0 Å². The molecule has 1 saturated heterocycles. The van der Waals surface area contributed by atoms with Gasteiger partial charge in [0.2, 0.25) is 0 Å². The Morgan fingerprint density at radius 3 is 2.38 bits per heavy atom. The van der Waals surface area contributed by atoms with Crippen LogP contribution >= 0.6 is 0 Å². The molecule has 1 spiro atoms. The van der Waals surface area contributed by atoms with E-state index in [2.05, 4.69) is 0 Å². The van der Waals surface area contributed by atoms with Crippen molar-refractivity contribution < 1.29 is 17.9 Å². The molecule has 1 aliphatic carbocycles. The van der Waals surface area contributed by atoms with E-state index in [0.29, 0.717) is 25.2 Å². The second-order valence-electron chi connectivity index (χ2n) is 6.30. The summed E-state index contributed by atoms with van der Waals surface area (Å²) in [5, 5.41) is 0. The summed E-state index contributed by atoms with van der Waals surface area (Å²) in [5.41, 5.74) is 5.76. The van der Waals surface area contributed by atoms with Crippen LogP contribution in [0, 0.1) is 23.4 Å². The van der Waals surface area contributed by atoms with Crippen LogP contribution < -0.4 is 5.73 Å². The molecule has 21 heavy (non-hydrogen) atoms. The average molecular weight is 299 g/mol. The van der Waals surface area contributed by atoms with E-state index in [1.165, 1.54) is 0 Å². The Morgan fingerprint density at radius 2 is 1.76 bits per heavy atom. The first-order valence-electron chi connectivity index (χ1n) is 7.55. The predicted octanol–water partition coefficient (Wildman–Crippen LogP) is 3.84. The van der Waals surface area contributed by atoms with Gasteiger partial charge in [0.05, 0.1) is 5.60 Å². The summed E-state index contributed by atoms with van der Waals surface area (Å²) >= 11 is 0. The maximum Gasteiger partial charge on any atom is 0.133 e. The van der Waals surface area contributed by atoms with Gasteiger partial charge in [-0.2, -0.15) is 0 Å². The van der Waals surface area contributed by atoms with E-state index in [0.717, 1.165) is 32.1 Å². The molecule has 0 aromatic heterocycles. The van der Waals surface area contributed by atoms with Gasteiger partial charge in [-0.05, 0) is 31.6 Å². The number of rotatable bonds is 2. The molecule has 2 unspecified atom stereocenters. The Kier molecular flexibility index (Phi) is 3.97. The standard InChI is InChI=1S/C16H20F3NO/c17-11-7-12(18)14(13(19)8-11)15(20)10-3-6-21-16(9-10)4-1-2-5-16/h7-8,10,15H,1-6,9,20H2. The topological polar surface area (TPSA) is 35.2 Å². The van der Waals surface area contributed by atoms with E-state index < -0.39 is 23.5 Å². The van der Waals surface area contributed by atoms with Crippen LogP contribution in [0.1, 0.15) is 50.1 Å². The van der Waals surface area contributed by atoms with Gasteiger partial charge in [0.15, 0.2) is 0 Å². The fourth-order valence-corrected chi connectivity index (χ4v) is 3.85. The van der Waals surface area contributed by atoms with E-state index in [4.69, 9.17) is 10.5 Å². The Bertz CT molecular complexity index is 505. The SMILES string of the molecule is NC(c1c(F)cc(F)cc1F)C1CCOC2(CCCC2)C1. The van der Waals surface area contributed by atoms with Crippen LogP contribution in [0.4, 0.5) is 13.2 Å². The molecule has 1 aliphatic heterocycles.